The van der Waals surface area contributed by atoms with Crippen LogP contribution in [0.1, 0.15) is 22.3 Å². The SMILES string of the molecule is Cc1ccc(-n2ncc3c(=O)[nH]c(SCc4cc(C)ccc4C)nc32)cc1. The Balaban J connectivity index is 1.70. The zero-order chi connectivity index (χ0) is 19.0. The molecule has 0 fully saturated rings. The topological polar surface area (TPSA) is 63.6 Å². The lowest BCUT2D eigenvalue weighted by atomic mass is 10.1. The van der Waals surface area contributed by atoms with Crippen LogP contribution in [0.3, 0.4) is 0 Å². The number of aromatic amines is 1. The highest BCUT2D eigenvalue weighted by molar-refractivity contribution is 7.98. The monoisotopic (exact) mass is 376 g/mol. The molecule has 0 amide bonds. The molecule has 0 spiro atoms. The van der Waals surface area contributed by atoms with Crippen molar-refractivity contribution < 1.29 is 0 Å². The maximum Gasteiger partial charge on any atom is 0.262 e. The molecular formula is C21H20N4OS. The van der Waals surface area contributed by atoms with Gasteiger partial charge in [-0.2, -0.15) is 5.10 Å². The average molecular weight is 376 g/mol. The van der Waals surface area contributed by atoms with Crippen LogP contribution in [-0.2, 0) is 5.75 Å². The summed E-state index contributed by atoms with van der Waals surface area (Å²) in [6.45, 7) is 6.22. The lowest BCUT2D eigenvalue weighted by Gasteiger charge is -2.07. The van der Waals surface area contributed by atoms with E-state index in [2.05, 4.69) is 47.1 Å². The number of nitrogens with zero attached hydrogens (tertiary/aromatic N) is 3. The molecule has 0 aliphatic rings. The number of aryl methyl sites for hydroxylation is 3. The molecule has 0 bridgehead atoms. The van der Waals surface area contributed by atoms with Crippen molar-refractivity contribution in [3.8, 4) is 5.69 Å². The van der Waals surface area contributed by atoms with Crippen LogP contribution in [0.15, 0.2) is 58.6 Å². The summed E-state index contributed by atoms with van der Waals surface area (Å²) in [6.07, 6.45) is 1.57. The number of hydrogen-bond acceptors (Lipinski definition) is 4. The fraction of sp³-hybridized carbons (Fsp3) is 0.190. The van der Waals surface area contributed by atoms with Crippen molar-refractivity contribution in [2.75, 3.05) is 0 Å². The molecule has 2 heterocycles. The van der Waals surface area contributed by atoms with Crippen LogP contribution in [0.25, 0.3) is 16.7 Å². The fourth-order valence-corrected chi connectivity index (χ4v) is 3.86. The molecule has 6 heteroatoms. The summed E-state index contributed by atoms with van der Waals surface area (Å²) in [5.74, 6) is 0.751. The van der Waals surface area contributed by atoms with Crippen LogP contribution < -0.4 is 5.56 Å². The highest BCUT2D eigenvalue weighted by atomic mass is 32.2. The average Bonchev–Trinajstić information content (AvgIpc) is 3.08. The molecule has 0 aliphatic heterocycles. The van der Waals surface area contributed by atoms with E-state index in [4.69, 9.17) is 0 Å². The van der Waals surface area contributed by atoms with Gasteiger partial charge in [0.2, 0.25) is 0 Å². The second-order valence-corrected chi connectivity index (χ2v) is 7.68. The summed E-state index contributed by atoms with van der Waals surface area (Å²) in [4.78, 5) is 20.0. The quantitative estimate of drug-likeness (QED) is 0.425. The van der Waals surface area contributed by atoms with Crippen LogP contribution in [0.4, 0.5) is 0 Å². The van der Waals surface area contributed by atoms with Crippen molar-refractivity contribution in [2.24, 2.45) is 0 Å². The standard InChI is InChI=1S/C21H20N4OS/c1-13-5-8-17(9-6-13)25-19-18(11-22-25)20(26)24-21(23-19)27-12-16-10-14(2)4-7-15(16)3/h4-11H,12H2,1-3H3,(H,23,24,26). The third kappa shape index (κ3) is 3.53. The summed E-state index contributed by atoms with van der Waals surface area (Å²) >= 11 is 1.53. The Morgan fingerprint density at radius 2 is 1.78 bits per heavy atom. The van der Waals surface area contributed by atoms with Gasteiger partial charge in [-0.1, -0.05) is 53.2 Å². The minimum absolute atomic E-state index is 0.165. The van der Waals surface area contributed by atoms with Gasteiger partial charge in [-0.3, -0.25) is 4.79 Å². The zero-order valence-electron chi connectivity index (χ0n) is 15.5. The number of thioether (sulfide) groups is 1. The first-order valence-electron chi connectivity index (χ1n) is 8.75. The fourth-order valence-electron chi connectivity index (χ4n) is 2.94. The minimum atomic E-state index is -0.165. The van der Waals surface area contributed by atoms with Gasteiger partial charge in [0.25, 0.3) is 5.56 Å². The van der Waals surface area contributed by atoms with E-state index in [9.17, 15) is 4.79 Å². The van der Waals surface area contributed by atoms with E-state index >= 15 is 0 Å². The Kier molecular flexibility index (Phi) is 4.58. The predicted molar refractivity (Wildman–Crippen MR) is 110 cm³/mol. The van der Waals surface area contributed by atoms with Crippen LogP contribution in [0.2, 0.25) is 0 Å². The number of rotatable bonds is 4. The van der Waals surface area contributed by atoms with Crippen LogP contribution in [-0.4, -0.2) is 19.7 Å². The number of nitrogens with one attached hydrogen (secondary N) is 1. The number of H-pyrrole nitrogens is 1. The number of aromatic nitrogens is 4. The first-order chi connectivity index (χ1) is 13.0. The van der Waals surface area contributed by atoms with Crippen LogP contribution in [0, 0.1) is 20.8 Å². The maximum atomic E-state index is 12.5. The molecular weight excluding hydrogens is 356 g/mol. The summed E-state index contributed by atoms with van der Waals surface area (Å²) < 4.78 is 1.71. The molecule has 2 aromatic carbocycles. The molecule has 0 unspecified atom stereocenters. The van der Waals surface area contributed by atoms with Gasteiger partial charge in [0.1, 0.15) is 5.39 Å². The highest BCUT2D eigenvalue weighted by Crippen LogP contribution is 2.23. The normalized spacial score (nSPS) is 11.2. The Hall–Kier alpha value is -2.86. The molecule has 136 valence electrons. The lowest BCUT2D eigenvalue weighted by Crippen LogP contribution is -2.09. The van der Waals surface area contributed by atoms with E-state index in [1.165, 1.54) is 34.0 Å². The van der Waals surface area contributed by atoms with Crippen molar-refractivity contribution in [2.45, 2.75) is 31.7 Å². The molecule has 0 saturated heterocycles. The van der Waals surface area contributed by atoms with Crippen LogP contribution in [0.5, 0.6) is 0 Å². The third-order valence-electron chi connectivity index (χ3n) is 4.56. The van der Waals surface area contributed by atoms with E-state index in [0.29, 0.717) is 16.2 Å². The van der Waals surface area contributed by atoms with Crippen molar-refractivity contribution in [1.29, 1.82) is 0 Å². The molecule has 27 heavy (non-hydrogen) atoms. The summed E-state index contributed by atoms with van der Waals surface area (Å²) in [5.41, 5.74) is 6.18. The lowest BCUT2D eigenvalue weighted by molar-refractivity contribution is 0.872. The van der Waals surface area contributed by atoms with Gasteiger partial charge in [0.05, 0.1) is 11.9 Å². The molecule has 0 aliphatic carbocycles. The maximum absolute atomic E-state index is 12.5. The Bertz CT molecular complexity index is 1180. The summed E-state index contributed by atoms with van der Waals surface area (Å²) in [6, 6.07) is 14.4. The van der Waals surface area contributed by atoms with Gasteiger partial charge in [-0.25, -0.2) is 9.67 Å². The van der Waals surface area contributed by atoms with Crippen LogP contribution >= 0.6 is 11.8 Å². The van der Waals surface area contributed by atoms with Gasteiger partial charge in [0.15, 0.2) is 10.8 Å². The van der Waals surface area contributed by atoms with Gasteiger partial charge in [-0.05, 0) is 44.0 Å². The molecule has 1 N–H and O–H groups in total. The van der Waals surface area contributed by atoms with Crippen molar-refractivity contribution in [3.63, 3.8) is 0 Å². The highest BCUT2D eigenvalue weighted by Gasteiger charge is 2.12. The molecule has 5 nitrogen and oxygen atoms in total. The third-order valence-corrected chi connectivity index (χ3v) is 5.49. The molecule has 4 aromatic rings. The van der Waals surface area contributed by atoms with Gasteiger partial charge in [0, 0.05) is 5.75 Å². The molecule has 2 aromatic heterocycles. The summed E-state index contributed by atoms with van der Waals surface area (Å²) in [7, 11) is 0. The smallest absolute Gasteiger partial charge is 0.262 e. The molecule has 0 radical (unpaired) electrons. The van der Waals surface area contributed by atoms with Gasteiger partial charge >= 0.3 is 0 Å². The second-order valence-electron chi connectivity index (χ2n) is 6.72. The zero-order valence-corrected chi connectivity index (χ0v) is 16.3. The van der Waals surface area contributed by atoms with Crippen molar-refractivity contribution >= 4 is 22.8 Å². The Labute approximate surface area is 161 Å². The van der Waals surface area contributed by atoms with E-state index in [-0.39, 0.29) is 5.56 Å². The number of hydrogen-bond donors (Lipinski definition) is 1. The van der Waals surface area contributed by atoms with E-state index in [1.807, 2.05) is 31.2 Å². The largest absolute Gasteiger partial charge is 0.301 e. The van der Waals surface area contributed by atoms with Crippen molar-refractivity contribution in [3.05, 3.63) is 81.3 Å². The molecule has 0 atom stereocenters. The number of benzene rings is 2. The first-order valence-corrected chi connectivity index (χ1v) is 9.74. The Morgan fingerprint density at radius 3 is 2.56 bits per heavy atom. The van der Waals surface area contributed by atoms with Gasteiger partial charge in [-0.15, -0.1) is 0 Å². The van der Waals surface area contributed by atoms with Gasteiger partial charge < -0.3 is 4.98 Å². The predicted octanol–water partition coefficient (Wildman–Crippen LogP) is 4.33. The van der Waals surface area contributed by atoms with E-state index < -0.39 is 0 Å². The Morgan fingerprint density at radius 1 is 1.04 bits per heavy atom. The van der Waals surface area contributed by atoms with Crippen molar-refractivity contribution in [1.82, 2.24) is 19.7 Å². The molecule has 4 rings (SSSR count). The first kappa shape index (κ1) is 17.5. The second kappa shape index (κ2) is 7.04. The van der Waals surface area contributed by atoms with E-state index in [1.54, 1.807) is 10.9 Å². The number of fused-ring (bicyclic) bond motifs is 1. The summed E-state index contributed by atoms with van der Waals surface area (Å²) in [5, 5.41) is 5.46. The minimum Gasteiger partial charge on any atom is -0.301 e. The van der Waals surface area contributed by atoms with E-state index in [0.717, 1.165) is 11.4 Å². The molecule has 0 saturated carbocycles.